The number of H-pyrrole nitrogens is 1. The molecule has 0 saturated heterocycles. The average molecular weight is 293 g/mol. The fourth-order valence-electron chi connectivity index (χ4n) is 2.65. The van der Waals surface area contributed by atoms with Crippen LogP contribution in [0.5, 0.6) is 5.75 Å². The largest absolute Gasteiger partial charge is 0.490 e. The molecular formula is C18H19N3O. The lowest BCUT2D eigenvalue weighted by Crippen LogP contribution is -2.25. The van der Waals surface area contributed by atoms with Crippen LogP contribution in [0.25, 0.3) is 11.0 Å². The van der Waals surface area contributed by atoms with Gasteiger partial charge in [-0.2, -0.15) is 0 Å². The number of rotatable bonds is 5. The molecule has 2 aromatic carbocycles. The Morgan fingerprint density at radius 1 is 1.09 bits per heavy atom. The van der Waals surface area contributed by atoms with E-state index >= 15 is 0 Å². The molecule has 22 heavy (non-hydrogen) atoms. The predicted molar refractivity (Wildman–Crippen MR) is 88.1 cm³/mol. The zero-order chi connectivity index (χ0) is 14.8. The van der Waals surface area contributed by atoms with Crippen LogP contribution in [-0.2, 0) is 6.54 Å². The summed E-state index contributed by atoms with van der Waals surface area (Å²) in [5.41, 5.74) is 3.18. The third-order valence-electron chi connectivity index (χ3n) is 4.15. The smallest absolute Gasteiger partial charge is 0.201 e. The first kappa shape index (κ1) is 13.2. The zero-order valence-corrected chi connectivity index (χ0v) is 12.4. The number of nitrogens with one attached hydrogen (secondary N) is 2. The van der Waals surface area contributed by atoms with E-state index in [1.165, 1.54) is 19.3 Å². The summed E-state index contributed by atoms with van der Waals surface area (Å²) in [7, 11) is 0. The van der Waals surface area contributed by atoms with Crippen LogP contribution in [0.1, 0.15) is 24.8 Å². The Bertz CT molecular complexity index is 744. The minimum atomic E-state index is 0.396. The summed E-state index contributed by atoms with van der Waals surface area (Å²) in [6.07, 6.45) is 4.02. The van der Waals surface area contributed by atoms with Gasteiger partial charge in [0.05, 0.1) is 17.1 Å². The molecule has 0 spiro atoms. The van der Waals surface area contributed by atoms with E-state index in [1.54, 1.807) is 0 Å². The van der Waals surface area contributed by atoms with Crippen molar-refractivity contribution in [3.63, 3.8) is 0 Å². The van der Waals surface area contributed by atoms with Crippen molar-refractivity contribution >= 4 is 17.0 Å². The number of para-hydroxylation sites is 3. The van der Waals surface area contributed by atoms with Gasteiger partial charge in [-0.3, -0.25) is 0 Å². The van der Waals surface area contributed by atoms with Crippen molar-refractivity contribution in [3.05, 3.63) is 54.1 Å². The van der Waals surface area contributed by atoms with Crippen molar-refractivity contribution < 1.29 is 4.74 Å². The van der Waals surface area contributed by atoms with Crippen LogP contribution < -0.4 is 10.1 Å². The Kier molecular flexibility index (Phi) is 3.43. The Hall–Kier alpha value is -2.49. The van der Waals surface area contributed by atoms with E-state index in [4.69, 9.17) is 4.74 Å². The molecule has 1 aliphatic carbocycles. The molecule has 0 unspecified atom stereocenters. The van der Waals surface area contributed by atoms with E-state index in [1.807, 2.05) is 42.5 Å². The first-order valence-electron chi connectivity index (χ1n) is 7.82. The number of aromatic nitrogens is 2. The van der Waals surface area contributed by atoms with Gasteiger partial charge in [0.2, 0.25) is 5.95 Å². The van der Waals surface area contributed by atoms with Crippen LogP contribution >= 0.6 is 0 Å². The molecule has 3 aromatic rings. The van der Waals surface area contributed by atoms with Gasteiger partial charge in [0, 0.05) is 12.1 Å². The highest BCUT2D eigenvalue weighted by molar-refractivity contribution is 5.77. The molecule has 1 heterocycles. The van der Waals surface area contributed by atoms with Crippen LogP contribution in [0.15, 0.2) is 48.5 Å². The normalized spacial score (nSPS) is 14.7. The number of anilines is 1. The molecule has 0 amide bonds. The topological polar surface area (TPSA) is 49.9 Å². The summed E-state index contributed by atoms with van der Waals surface area (Å²) < 4.78 is 6.06. The van der Waals surface area contributed by atoms with Gasteiger partial charge < -0.3 is 15.0 Å². The van der Waals surface area contributed by atoms with Crippen molar-refractivity contribution in [1.29, 1.82) is 0 Å². The number of benzene rings is 2. The Morgan fingerprint density at radius 3 is 2.73 bits per heavy atom. The van der Waals surface area contributed by atoms with E-state index in [9.17, 15) is 0 Å². The van der Waals surface area contributed by atoms with E-state index < -0.39 is 0 Å². The fourth-order valence-corrected chi connectivity index (χ4v) is 2.65. The fraction of sp³-hybridized carbons (Fsp3) is 0.278. The maximum absolute atomic E-state index is 6.06. The summed E-state index contributed by atoms with van der Waals surface area (Å²) >= 11 is 0. The van der Waals surface area contributed by atoms with E-state index in [0.29, 0.717) is 12.6 Å². The lowest BCUT2D eigenvalue weighted by molar-refractivity contribution is 0.119. The number of ether oxygens (including phenoxy) is 1. The van der Waals surface area contributed by atoms with Gasteiger partial charge >= 0.3 is 0 Å². The minimum Gasteiger partial charge on any atom is -0.490 e. The number of hydrogen-bond donors (Lipinski definition) is 2. The summed E-state index contributed by atoms with van der Waals surface area (Å²) in [4.78, 5) is 7.82. The predicted octanol–water partition coefficient (Wildman–Crippen LogP) is 4.11. The number of nitrogens with zero attached hydrogens (tertiary/aromatic N) is 1. The molecule has 1 aromatic heterocycles. The SMILES string of the molecule is c1ccc(OC2CCC2)c(CNc2nc3ccccc3[nH]2)c1. The van der Waals surface area contributed by atoms with E-state index in [0.717, 1.165) is 28.3 Å². The van der Waals surface area contributed by atoms with Gasteiger partial charge in [-0.1, -0.05) is 30.3 Å². The van der Waals surface area contributed by atoms with Crippen molar-refractivity contribution in [1.82, 2.24) is 9.97 Å². The van der Waals surface area contributed by atoms with Gasteiger partial charge in [0.15, 0.2) is 0 Å². The number of imidazole rings is 1. The van der Waals surface area contributed by atoms with Gasteiger partial charge in [-0.15, -0.1) is 0 Å². The van der Waals surface area contributed by atoms with Crippen molar-refractivity contribution in [2.45, 2.75) is 31.9 Å². The molecular weight excluding hydrogens is 274 g/mol. The molecule has 0 atom stereocenters. The first-order valence-corrected chi connectivity index (χ1v) is 7.82. The minimum absolute atomic E-state index is 0.396. The van der Waals surface area contributed by atoms with E-state index in [-0.39, 0.29) is 0 Å². The summed E-state index contributed by atoms with van der Waals surface area (Å²) in [5.74, 6) is 1.77. The van der Waals surface area contributed by atoms with Crippen molar-refractivity contribution in [3.8, 4) is 5.75 Å². The third-order valence-corrected chi connectivity index (χ3v) is 4.15. The maximum Gasteiger partial charge on any atom is 0.201 e. The third kappa shape index (κ3) is 2.64. The van der Waals surface area contributed by atoms with Crippen LogP contribution in [-0.4, -0.2) is 16.1 Å². The van der Waals surface area contributed by atoms with Crippen LogP contribution in [0.4, 0.5) is 5.95 Å². The second-order valence-corrected chi connectivity index (χ2v) is 5.73. The van der Waals surface area contributed by atoms with Crippen molar-refractivity contribution in [2.75, 3.05) is 5.32 Å². The molecule has 4 nitrogen and oxygen atoms in total. The second-order valence-electron chi connectivity index (χ2n) is 5.73. The van der Waals surface area contributed by atoms with Gasteiger partial charge in [-0.05, 0) is 37.5 Å². The second kappa shape index (κ2) is 5.72. The molecule has 1 fully saturated rings. The highest BCUT2D eigenvalue weighted by Crippen LogP contribution is 2.28. The standard InChI is InChI=1S/C18H19N3O/c1-4-11-17(22-14-7-5-8-14)13(6-1)12-19-18-20-15-9-2-3-10-16(15)21-18/h1-4,6,9-11,14H,5,7-8,12H2,(H2,19,20,21). The lowest BCUT2D eigenvalue weighted by Gasteiger charge is -2.27. The van der Waals surface area contributed by atoms with Crippen LogP contribution in [0.3, 0.4) is 0 Å². The molecule has 112 valence electrons. The molecule has 1 saturated carbocycles. The molecule has 2 N–H and O–H groups in total. The highest BCUT2D eigenvalue weighted by atomic mass is 16.5. The Labute approximate surface area is 129 Å². The lowest BCUT2D eigenvalue weighted by atomic mass is 9.96. The molecule has 0 aliphatic heterocycles. The van der Waals surface area contributed by atoms with E-state index in [2.05, 4.69) is 21.4 Å². The van der Waals surface area contributed by atoms with Crippen LogP contribution in [0, 0.1) is 0 Å². The molecule has 0 bridgehead atoms. The molecule has 4 heteroatoms. The highest BCUT2D eigenvalue weighted by Gasteiger charge is 2.20. The van der Waals surface area contributed by atoms with Gasteiger partial charge in [0.1, 0.15) is 5.75 Å². The zero-order valence-electron chi connectivity index (χ0n) is 12.4. The summed E-state index contributed by atoms with van der Waals surface area (Å²) in [6, 6.07) is 16.3. The number of hydrogen-bond acceptors (Lipinski definition) is 3. The first-order chi connectivity index (χ1) is 10.9. The van der Waals surface area contributed by atoms with Crippen molar-refractivity contribution in [2.24, 2.45) is 0 Å². The number of fused-ring (bicyclic) bond motifs is 1. The Balaban J connectivity index is 1.48. The van der Waals surface area contributed by atoms with Gasteiger partial charge in [0.25, 0.3) is 0 Å². The maximum atomic E-state index is 6.06. The average Bonchev–Trinajstić information content (AvgIpc) is 2.92. The molecule has 1 aliphatic rings. The molecule has 0 radical (unpaired) electrons. The number of aromatic amines is 1. The summed E-state index contributed by atoms with van der Waals surface area (Å²) in [5, 5.41) is 3.35. The van der Waals surface area contributed by atoms with Crippen LogP contribution in [0.2, 0.25) is 0 Å². The summed E-state index contributed by atoms with van der Waals surface area (Å²) in [6.45, 7) is 0.697. The monoisotopic (exact) mass is 293 g/mol. The molecule has 4 rings (SSSR count). The Morgan fingerprint density at radius 2 is 1.91 bits per heavy atom. The quantitative estimate of drug-likeness (QED) is 0.744. The van der Waals surface area contributed by atoms with Gasteiger partial charge in [-0.25, -0.2) is 4.98 Å².